The van der Waals surface area contributed by atoms with Crippen molar-refractivity contribution in [3.63, 3.8) is 0 Å². The number of amides is 2. The molecular weight excluding hydrogens is 632 g/mol. The van der Waals surface area contributed by atoms with Gasteiger partial charge >= 0.3 is 0 Å². The normalized spacial score (nSPS) is 12.8. The Morgan fingerprint density at radius 1 is 1.11 bits per heavy atom. The van der Waals surface area contributed by atoms with E-state index >= 15 is 0 Å². The zero-order valence-corrected chi connectivity index (χ0v) is 25.1. The van der Waals surface area contributed by atoms with Gasteiger partial charge in [-0.25, -0.2) is 5.43 Å². The molecule has 0 saturated heterocycles. The van der Waals surface area contributed by atoms with E-state index in [0.29, 0.717) is 35.3 Å². The van der Waals surface area contributed by atoms with Crippen molar-refractivity contribution in [2.75, 3.05) is 13.7 Å². The molecule has 0 spiro atoms. The molecule has 0 fully saturated rings. The van der Waals surface area contributed by atoms with Gasteiger partial charge in [0.05, 0.1) is 28.5 Å². The molecule has 2 atom stereocenters. The molecule has 37 heavy (non-hydrogen) atoms. The van der Waals surface area contributed by atoms with Gasteiger partial charge in [-0.2, -0.15) is 5.10 Å². The van der Waals surface area contributed by atoms with Crippen molar-refractivity contribution in [2.45, 2.75) is 52.7 Å². The average Bonchev–Trinajstić information content (AvgIpc) is 2.83. The number of carbonyl (C=O) groups excluding carboxylic acids is 2. The van der Waals surface area contributed by atoms with Crippen LogP contribution < -0.4 is 25.0 Å². The summed E-state index contributed by atoms with van der Waals surface area (Å²) in [6, 6.07) is 7.56. The highest BCUT2D eigenvalue weighted by atomic mass is 127. The molecule has 0 bridgehead atoms. The van der Waals surface area contributed by atoms with Crippen LogP contribution in [0.25, 0.3) is 0 Å². The fourth-order valence-electron chi connectivity index (χ4n) is 3.21. The molecule has 0 aliphatic carbocycles. The molecule has 2 amide bonds. The maximum Gasteiger partial charge on any atom is 0.262 e. The molecule has 0 saturated carbocycles. The minimum Gasteiger partial charge on any atom is -0.493 e. The summed E-state index contributed by atoms with van der Waals surface area (Å²) in [7, 11) is 1.57. The molecule has 0 unspecified atom stereocenters. The number of hydrogen-bond donors (Lipinski definition) is 2. The van der Waals surface area contributed by atoms with Crippen LogP contribution in [-0.4, -0.2) is 43.9 Å². The average molecular weight is 664 g/mol. The Hall–Kier alpha value is -2.24. The molecule has 0 radical (unpaired) electrons. The van der Waals surface area contributed by atoms with E-state index in [-0.39, 0.29) is 10.9 Å². The van der Waals surface area contributed by atoms with Crippen LogP contribution in [0.2, 0.25) is 10.0 Å². The van der Waals surface area contributed by atoms with E-state index in [1.807, 2.05) is 26.8 Å². The van der Waals surface area contributed by atoms with E-state index in [9.17, 15) is 9.59 Å². The summed E-state index contributed by atoms with van der Waals surface area (Å²) in [5.74, 6) is 0.801. The van der Waals surface area contributed by atoms with E-state index in [4.69, 9.17) is 37.4 Å². The van der Waals surface area contributed by atoms with Crippen LogP contribution in [0.3, 0.4) is 0 Å². The van der Waals surface area contributed by atoms with E-state index < -0.39 is 24.0 Å². The third-order valence-electron chi connectivity index (χ3n) is 5.00. The van der Waals surface area contributed by atoms with Crippen LogP contribution in [0.4, 0.5) is 0 Å². The summed E-state index contributed by atoms with van der Waals surface area (Å²) in [5.41, 5.74) is 3.24. The fourth-order valence-corrected chi connectivity index (χ4v) is 4.45. The van der Waals surface area contributed by atoms with Crippen LogP contribution in [0, 0.1) is 9.49 Å². The minimum absolute atomic E-state index is 0.142. The molecule has 11 heteroatoms. The Morgan fingerprint density at radius 3 is 2.46 bits per heavy atom. The van der Waals surface area contributed by atoms with Crippen LogP contribution in [0.1, 0.15) is 46.1 Å². The number of halogens is 3. The number of nitrogens with zero attached hydrogens (tertiary/aromatic N) is 1. The monoisotopic (exact) mass is 663 g/mol. The van der Waals surface area contributed by atoms with E-state index in [1.165, 1.54) is 12.3 Å². The van der Waals surface area contributed by atoms with Gasteiger partial charge in [0, 0.05) is 5.02 Å². The van der Waals surface area contributed by atoms with Crippen molar-refractivity contribution in [1.29, 1.82) is 0 Å². The van der Waals surface area contributed by atoms with E-state index in [0.717, 1.165) is 15.6 Å². The summed E-state index contributed by atoms with van der Waals surface area (Å²) in [4.78, 5) is 25.7. The fraction of sp³-hybridized carbons (Fsp3) is 0.423. The van der Waals surface area contributed by atoms with Gasteiger partial charge in [-0.15, -0.1) is 0 Å². The van der Waals surface area contributed by atoms with Crippen molar-refractivity contribution in [3.8, 4) is 17.2 Å². The van der Waals surface area contributed by atoms with Gasteiger partial charge in [-0.1, -0.05) is 44.0 Å². The molecular formula is C26H32Cl2IN3O5. The summed E-state index contributed by atoms with van der Waals surface area (Å²) in [5, 5.41) is 7.57. The Bertz CT molecular complexity index is 1110. The standard InChI is InChI=1S/C26H32Cl2IN3O5/c1-6-9-36-24-20(29)11-17(12-23(24)35-5)14-30-32-26(34)21(10-15(2)3)31-25(33)16(4)37-22-8-7-18(27)13-19(22)28/h7-8,11-16,21H,6,9-10H2,1-5H3,(H,31,33)(H,32,34)/b30-14-/t16-,21-/m0/s1. The number of hydrogen-bond acceptors (Lipinski definition) is 6. The SMILES string of the molecule is CCCOc1c(I)cc(/C=N\NC(=O)[C@H](CC(C)C)NC(=O)[C@H](C)Oc2ccc(Cl)cc2Cl)cc1OC. The second-order valence-electron chi connectivity index (χ2n) is 8.64. The highest BCUT2D eigenvalue weighted by Gasteiger charge is 2.25. The molecule has 2 aromatic carbocycles. The van der Waals surface area contributed by atoms with Crippen LogP contribution in [0.15, 0.2) is 35.4 Å². The van der Waals surface area contributed by atoms with Crippen molar-refractivity contribution in [1.82, 2.24) is 10.7 Å². The molecule has 202 valence electrons. The molecule has 2 aromatic rings. The second-order valence-corrected chi connectivity index (χ2v) is 10.6. The summed E-state index contributed by atoms with van der Waals surface area (Å²) >= 11 is 14.2. The molecule has 2 rings (SSSR count). The number of carbonyl (C=O) groups is 2. The van der Waals surface area contributed by atoms with Crippen LogP contribution >= 0.6 is 45.8 Å². The zero-order chi connectivity index (χ0) is 27.5. The third kappa shape index (κ3) is 9.86. The van der Waals surface area contributed by atoms with Gasteiger partial charge in [0.2, 0.25) is 0 Å². The van der Waals surface area contributed by atoms with Gasteiger partial charge < -0.3 is 19.5 Å². The van der Waals surface area contributed by atoms with Gasteiger partial charge in [0.15, 0.2) is 17.6 Å². The summed E-state index contributed by atoms with van der Waals surface area (Å²) in [6.07, 6.45) is 1.90. The van der Waals surface area contributed by atoms with Gasteiger partial charge in [-0.3, -0.25) is 9.59 Å². The summed E-state index contributed by atoms with van der Waals surface area (Å²) in [6.45, 7) is 8.10. The lowest BCUT2D eigenvalue weighted by molar-refractivity contribution is -0.132. The minimum atomic E-state index is -0.896. The van der Waals surface area contributed by atoms with Crippen molar-refractivity contribution >= 4 is 63.8 Å². The van der Waals surface area contributed by atoms with Gasteiger partial charge in [0.25, 0.3) is 11.8 Å². The van der Waals surface area contributed by atoms with Crippen molar-refractivity contribution in [2.24, 2.45) is 11.0 Å². The first-order valence-corrected chi connectivity index (χ1v) is 13.6. The lowest BCUT2D eigenvalue weighted by atomic mass is 10.0. The molecule has 8 nitrogen and oxygen atoms in total. The number of rotatable bonds is 13. The van der Waals surface area contributed by atoms with Gasteiger partial charge in [0.1, 0.15) is 11.8 Å². The second kappa shape index (κ2) is 15.2. The number of methoxy groups -OCH3 is 1. The molecule has 0 aliphatic rings. The lowest BCUT2D eigenvalue weighted by Crippen LogP contribution is -2.49. The quantitative estimate of drug-likeness (QED) is 0.159. The first-order chi connectivity index (χ1) is 17.5. The Labute approximate surface area is 241 Å². The molecule has 0 aromatic heterocycles. The number of ether oxygens (including phenoxy) is 3. The highest BCUT2D eigenvalue weighted by molar-refractivity contribution is 14.1. The first-order valence-electron chi connectivity index (χ1n) is 11.8. The number of hydrazone groups is 1. The predicted molar refractivity (Wildman–Crippen MR) is 155 cm³/mol. The maximum atomic E-state index is 12.9. The van der Waals surface area contributed by atoms with Crippen molar-refractivity contribution in [3.05, 3.63) is 49.5 Å². The predicted octanol–water partition coefficient (Wildman–Crippen LogP) is 5.84. The summed E-state index contributed by atoms with van der Waals surface area (Å²) < 4.78 is 17.7. The lowest BCUT2D eigenvalue weighted by Gasteiger charge is -2.22. The van der Waals surface area contributed by atoms with E-state index in [1.54, 1.807) is 32.2 Å². The highest BCUT2D eigenvalue weighted by Crippen LogP contribution is 2.33. The van der Waals surface area contributed by atoms with Crippen LogP contribution in [-0.2, 0) is 9.59 Å². The topological polar surface area (TPSA) is 98.2 Å². The number of nitrogens with one attached hydrogen (secondary N) is 2. The zero-order valence-electron chi connectivity index (χ0n) is 21.4. The van der Waals surface area contributed by atoms with Gasteiger partial charge in [-0.05, 0) is 84.2 Å². The largest absolute Gasteiger partial charge is 0.493 e. The molecule has 0 heterocycles. The first kappa shape index (κ1) is 31.0. The third-order valence-corrected chi connectivity index (χ3v) is 6.33. The molecule has 0 aliphatic heterocycles. The van der Waals surface area contributed by atoms with E-state index in [2.05, 4.69) is 38.4 Å². The van der Waals surface area contributed by atoms with Crippen LogP contribution in [0.5, 0.6) is 17.2 Å². The Morgan fingerprint density at radius 2 is 1.84 bits per heavy atom. The van der Waals surface area contributed by atoms with Crippen molar-refractivity contribution < 1.29 is 23.8 Å². The molecule has 2 N–H and O–H groups in total. The Balaban J connectivity index is 2.06. The Kier molecular flexibility index (Phi) is 12.8. The number of benzene rings is 2. The smallest absolute Gasteiger partial charge is 0.262 e. The maximum absolute atomic E-state index is 12.9.